The Hall–Kier alpha value is -3.28. The molecule has 0 unspecified atom stereocenters. The molecule has 2 aromatic carbocycles. The first-order chi connectivity index (χ1) is 13.4. The van der Waals surface area contributed by atoms with Gasteiger partial charge in [-0.2, -0.15) is 10.2 Å². The Labute approximate surface area is 163 Å². The topological polar surface area (TPSA) is 61.4 Å². The van der Waals surface area contributed by atoms with Crippen LogP contribution in [0.3, 0.4) is 0 Å². The Morgan fingerprint density at radius 1 is 0.643 bits per heavy atom. The van der Waals surface area contributed by atoms with Crippen molar-refractivity contribution in [2.75, 3.05) is 0 Å². The highest BCUT2D eigenvalue weighted by Crippen LogP contribution is 2.33. The van der Waals surface area contributed by atoms with Gasteiger partial charge in [0.2, 0.25) is 0 Å². The number of hydrogen-bond donors (Lipinski definition) is 0. The van der Waals surface area contributed by atoms with Crippen LogP contribution in [0.5, 0.6) is 0 Å². The summed E-state index contributed by atoms with van der Waals surface area (Å²) in [5.41, 5.74) is 3.53. The molecule has 4 aromatic rings. The fraction of sp³-hybridized carbons (Fsp3) is 0.273. The normalized spacial score (nSPS) is 16.4. The molecule has 140 valence electrons. The van der Waals surface area contributed by atoms with Crippen molar-refractivity contribution >= 4 is 0 Å². The van der Waals surface area contributed by atoms with Gasteiger partial charge in [0.1, 0.15) is 12.7 Å². The molecular formula is C22H22N6. The molecule has 6 heteroatoms. The Morgan fingerprint density at radius 3 is 1.50 bits per heavy atom. The molecule has 0 fully saturated rings. The second-order valence-electron chi connectivity index (χ2n) is 8.38. The predicted octanol–water partition coefficient (Wildman–Crippen LogP) is 3.81. The lowest BCUT2D eigenvalue weighted by Crippen LogP contribution is -2.23. The average Bonchev–Trinajstić information content (AvgIpc) is 3.38. The van der Waals surface area contributed by atoms with E-state index in [4.69, 9.17) is 10.2 Å². The molecule has 6 nitrogen and oxygen atoms in total. The third kappa shape index (κ3) is 2.41. The molecule has 0 spiro atoms. The van der Waals surface area contributed by atoms with Crippen molar-refractivity contribution < 1.29 is 0 Å². The molecule has 2 aromatic heterocycles. The zero-order chi connectivity index (χ0) is 19.5. The van der Waals surface area contributed by atoms with E-state index >= 15 is 0 Å². The van der Waals surface area contributed by atoms with Crippen LogP contribution in [0.15, 0.2) is 61.2 Å². The fourth-order valence-electron chi connectivity index (χ4n) is 3.68. The average molecular weight is 370 g/mol. The zero-order valence-electron chi connectivity index (χ0n) is 16.5. The Balaban J connectivity index is 1.82. The van der Waals surface area contributed by atoms with Gasteiger partial charge in [0.15, 0.2) is 11.6 Å². The largest absolute Gasteiger partial charge is 0.221 e. The minimum atomic E-state index is -0.342. The maximum absolute atomic E-state index is 4.81. The van der Waals surface area contributed by atoms with E-state index in [2.05, 4.69) is 61.9 Å². The van der Waals surface area contributed by atoms with Gasteiger partial charge in [-0.1, -0.05) is 24.3 Å². The smallest absolute Gasteiger partial charge is 0.160 e. The quantitative estimate of drug-likeness (QED) is 0.472. The fourth-order valence-corrected chi connectivity index (χ4v) is 3.68. The molecule has 0 radical (unpaired) electrons. The Kier molecular flexibility index (Phi) is 3.38. The van der Waals surface area contributed by atoms with Crippen molar-refractivity contribution in [1.82, 2.24) is 29.5 Å². The van der Waals surface area contributed by atoms with E-state index in [-0.39, 0.29) is 10.8 Å². The van der Waals surface area contributed by atoms with E-state index < -0.39 is 0 Å². The number of fused-ring (bicyclic) bond motifs is 10. The monoisotopic (exact) mass is 370 g/mol. The van der Waals surface area contributed by atoms with Gasteiger partial charge in [0.05, 0.1) is 22.2 Å². The minimum Gasteiger partial charge on any atom is -0.221 e. The summed E-state index contributed by atoms with van der Waals surface area (Å²) in [6, 6.07) is 16.7. The second-order valence-corrected chi connectivity index (χ2v) is 8.38. The highest BCUT2D eigenvalue weighted by molar-refractivity contribution is 5.44. The van der Waals surface area contributed by atoms with E-state index in [9.17, 15) is 0 Å². The van der Waals surface area contributed by atoms with Gasteiger partial charge in [-0.15, -0.1) is 0 Å². The van der Waals surface area contributed by atoms with Gasteiger partial charge in [-0.3, -0.25) is 0 Å². The summed E-state index contributed by atoms with van der Waals surface area (Å²) in [5.74, 6) is 1.57. The minimum absolute atomic E-state index is 0.342. The summed E-state index contributed by atoms with van der Waals surface area (Å²) in [6.07, 6.45) is 3.58. The van der Waals surface area contributed by atoms with Crippen LogP contribution in [0.1, 0.15) is 50.5 Å². The SMILES string of the molecule is CC1(C)c2cccc(c2)-n2cnc(n2)C(C)(C)c2cccc(c2)-n2cnc1n2. The van der Waals surface area contributed by atoms with E-state index in [0.29, 0.717) is 0 Å². The van der Waals surface area contributed by atoms with Gasteiger partial charge in [0.25, 0.3) is 0 Å². The van der Waals surface area contributed by atoms with E-state index in [0.717, 1.165) is 34.2 Å². The first-order valence-electron chi connectivity index (χ1n) is 9.42. The lowest BCUT2D eigenvalue weighted by molar-refractivity contribution is 0.578. The number of hydrogen-bond acceptors (Lipinski definition) is 4. The van der Waals surface area contributed by atoms with Crippen LogP contribution < -0.4 is 0 Å². The predicted molar refractivity (Wildman–Crippen MR) is 107 cm³/mol. The lowest BCUT2D eigenvalue weighted by atomic mass is 9.83. The van der Waals surface area contributed by atoms with Crippen LogP contribution in [0.25, 0.3) is 11.4 Å². The summed E-state index contributed by atoms with van der Waals surface area (Å²) in [7, 11) is 0. The number of rotatable bonds is 0. The molecule has 3 heterocycles. The van der Waals surface area contributed by atoms with Crippen molar-refractivity contribution in [1.29, 1.82) is 0 Å². The summed E-state index contributed by atoms with van der Waals surface area (Å²) < 4.78 is 3.69. The van der Waals surface area contributed by atoms with Crippen molar-refractivity contribution in [2.45, 2.75) is 38.5 Å². The van der Waals surface area contributed by atoms with Crippen LogP contribution in [0.2, 0.25) is 0 Å². The van der Waals surface area contributed by atoms with E-state index in [1.54, 1.807) is 12.7 Å². The number of aromatic nitrogens is 6. The molecule has 0 aliphatic carbocycles. The highest BCUT2D eigenvalue weighted by atomic mass is 15.3. The van der Waals surface area contributed by atoms with Crippen molar-refractivity contribution in [3.05, 3.63) is 84.0 Å². The highest BCUT2D eigenvalue weighted by Gasteiger charge is 2.31. The molecule has 28 heavy (non-hydrogen) atoms. The van der Waals surface area contributed by atoms with Crippen LogP contribution in [-0.4, -0.2) is 29.5 Å². The molecule has 0 amide bonds. The molecule has 8 bridgehead atoms. The third-order valence-electron chi connectivity index (χ3n) is 5.77. The maximum Gasteiger partial charge on any atom is 0.160 e. The first-order valence-corrected chi connectivity index (χ1v) is 9.42. The number of nitrogens with zero attached hydrogens (tertiary/aromatic N) is 6. The van der Waals surface area contributed by atoms with Crippen LogP contribution in [-0.2, 0) is 10.8 Å². The summed E-state index contributed by atoms with van der Waals surface area (Å²) in [5, 5.41) is 9.62. The summed E-state index contributed by atoms with van der Waals surface area (Å²) in [6.45, 7) is 8.57. The van der Waals surface area contributed by atoms with E-state index in [1.807, 2.05) is 33.6 Å². The van der Waals surface area contributed by atoms with Crippen molar-refractivity contribution in [3.8, 4) is 11.4 Å². The zero-order valence-corrected chi connectivity index (χ0v) is 16.5. The summed E-state index contributed by atoms with van der Waals surface area (Å²) in [4.78, 5) is 9.27. The molecule has 0 saturated heterocycles. The van der Waals surface area contributed by atoms with E-state index in [1.165, 1.54) is 0 Å². The summed E-state index contributed by atoms with van der Waals surface area (Å²) >= 11 is 0. The molecule has 0 saturated carbocycles. The third-order valence-corrected chi connectivity index (χ3v) is 5.77. The van der Waals surface area contributed by atoms with Gasteiger partial charge < -0.3 is 0 Å². The van der Waals surface area contributed by atoms with Crippen molar-refractivity contribution in [2.24, 2.45) is 0 Å². The van der Waals surface area contributed by atoms with Gasteiger partial charge in [0, 0.05) is 0 Å². The Morgan fingerprint density at radius 2 is 1.07 bits per heavy atom. The number of benzene rings is 2. The van der Waals surface area contributed by atoms with Crippen molar-refractivity contribution in [3.63, 3.8) is 0 Å². The van der Waals surface area contributed by atoms with Gasteiger partial charge in [-0.25, -0.2) is 19.3 Å². The molecule has 1 aliphatic heterocycles. The van der Waals surface area contributed by atoms with Gasteiger partial charge in [-0.05, 0) is 63.1 Å². The lowest BCUT2D eigenvalue weighted by Gasteiger charge is -2.24. The molecule has 0 N–H and O–H groups in total. The van der Waals surface area contributed by atoms with Crippen LogP contribution >= 0.6 is 0 Å². The second kappa shape index (κ2) is 5.61. The molecule has 0 atom stereocenters. The standard InChI is InChI=1S/C22H22N6/c1-21(2)15-7-5-9-17(11-15)28-14-24-20(26-28)22(3,4)16-8-6-10-18(12-16)27-13-23-19(21)25-27/h5-14H,1-4H3. The van der Waals surface area contributed by atoms with Gasteiger partial charge >= 0.3 is 0 Å². The molecular weight excluding hydrogens is 348 g/mol. The maximum atomic E-state index is 4.81. The Bertz CT molecular complexity index is 1090. The van der Waals surface area contributed by atoms with Crippen LogP contribution in [0.4, 0.5) is 0 Å². The molecule has 1 aliphatic rings. The van der Waals surface area contributed by atoms with Crippen LogP contribution in [0, 0.1) is 0 Å². The molecule has 5 rings (SSSR count). The first kappa shape index (κ1) is 16.9.